The van der Waals surface area contributed by atoms with Crippen LogP contribution in [0.15, 0.2) is 65.2 Å². The predicted octanol–water partition coefficient (Wildman–Crippen LogP) is 1.29. The average molecular weight is 386 g/mol. The molecule has 27 heavy (non-hydrogen) atoms. The zero-order valence-electron chi connectivity index (χ0n) is 13.7. The summed E-state index contributed by atoms with van der Waals surface area (Å²) in [6.07, 6.45) is 0.931. The van der Waals surface area contributed by atoms with Crippen molar-refractivity contribution in [3.05, 3.63) is 65.9 Å². The molecule has 0 aliphatic rings. The third-order valence-electron chi connectivity index (χ3n) is 3.28. The third-order valence-corrected chi connectivity index (χ3v) is 4.12. The van der Waals surface area contributed by atoms with Crippen LogP contribution >= 0.6 is 0 Å². The van der Waals surface area contributed by atoms with E-state index in [1.807, 2.05) is 0 Å². The van der Waals surface area contributed by atoms with Gasteiger partial charge in [0.15, 0.2) is 0 Å². The minimum absolute atomic E-state index is 0.0427. The van der Waals surface area contributed by atoms with Crippen LogP contribution in [0.25, 0.3) is 0 Å². The Kier molecular flexibility index (Phi) is 5.92. The summed E-state index contributed by atoms with van der Waals surface area (Å²) in [7, 11) is -4.44. The Bertz CT molecular complexity index is 1050. The van der Waals surface area contributed by atoms with E-state index in [4.69, 9.17) is 15.5 Å². The number of carbonyl (C=O) groups is 2. The summed E-state index contributed by atoms with van der Waals surface area (Å²) in [5, 5.41) is 13.7. The molecule has 0 bridgehead atoms. The van der Waals surface area contributed by atoms with Crippen LogP contribution in [-0.4, -0.2) is 24.8 Å². The minimum Gasteiger partial charge on any atom is -0.399 e. The Morgan fingerprint density at radius 2 is 1.81 bits per heavy atom. The van der Waals surface area contributed by atoms with Gasteiger partial charge in [-0.15, -0.1) is 0 Å². The SMILES string of the molecule is N#C/C(=C/NC(=O)c1ccc(N)cc1)C(=O)Nc1cccc(S(=O)(=O)O)c1. The molecule has 9 nitrogen and oxygen atoms in total. The summed E-state index contributed by atoms with van der Waals surface area (Å²) in [6, 6.07) is 12.5. The van der Waals surface area contributed by atoms with Gasteiger partial charge in [0.25, 0.3) is 21.9 Å². The second kappa shape index (κ2) is 8.13. The number of nitriles is 1. The number of hydrogen-bond acceptors (Lipinski definition) is 6. The van der Waals surface area contributed by atoms with Gasteiger partial charge < -0.3 is 16.4 Å². The number of nitrogen functional groups attached to an aromatic ring is 1. The second-order valence-electron chi connectivity index (χ2n) is 5.22. The van der Waals surface area contributed by atoms with Crippen molar-refractivity contribution in [1.29, 1.82) is 5.26 Å². The number of carbonyl (C=O) groups excluding carboxylic acids is 2. The molecule has 0 unspecified atom stereocenters. The number of nitrogens with one attached hydrogen (secondary N) is 2. The first-order valence-electron chi connectivity index (χ1n) is 7.36. The van der Waals surface area contributed by atoms with Crippen molar-refractivity contribution in [2.75, 3.05) is 11.1 Å². The smallest absolute Gasteiger partial charge is 0.294 e. The van der Waals surface area contributed by atoms with Gasteiger partial charge in [-0.05, 0) is 42.5 Å². The zero-order valence-corrected chi connectivity index (χ0v) is 14.5. The molecule has 5 N–H and O–H groups in total. The van der Waals surface area contributed by atoms with Crippen molar-refractivity contribution in [3.63, 3.8) is 0 Å². The molecule has 0 aliphatic heterocycles. The summed E-state index contributed by atoms with van der Waals surface area (Å²) in [5.74, 6) is -1.42. The maximum atomic E-state index is 12.1. The molecule has 2 aromatic carbocycles. The van der Waals surface area contributed by atoms with Crippen molar-refractivity contribution in [1.82, 2.24) is 5.32 Å². The van der Waals surface area contributed by atoms with Gasteiger partial charge in [-0.25, -0.2) is 0 Å². The fourth-order valence-electron chi connectivity index (χ4n) is 1.94. The van der Waals surface area contributed by atoms with Crippen LogP contribution in [0.1, 0.15) is 10.4 Å². The Morgan fingerprint density at radius 3 is 2.41 bits per heavy atom. The molecule has 10 heteroatoms. The van der Waals surface area contributed by atoms with Crippen LogP contribution in [0, 0.1) is 11.3 Å². The number of anilines is 2. The standard InChI is InChI=1S/C17H14N4O5S/c18-9-12(10-20-16(22)11-4-6-13(19)7-5-11)17(23)21-14-2-1-3-15(8-14)27(24,25)26/h1-8,10H,19H2,(H,20,22)(H,21,23)(H,24,25,26)/b12-10-. The van der Waals surface area contributed by atoms with E-state index < -0.39 is 32.4 Å². The van der Waals surface area contributed by atoms with Gasteiger partial charge in [0, 0.05) is 23.1 Å². The number of nitrogens with two attached hydrogens (primary N) is 1. The molecule has 0 atom stereocenters. The van der Waals surface area contributed by atoms with Crippen LogP contribution in [0.2, 0.25) is 0 Å². The van der Waals surface area contributed by atoms with Gasteiger partial charge in [0.2, 0.25) is 0 Å². The summed E-state index contributed by atoms with van der Waals surface area (Å²) in [5.41, 5.74) is 5.91. The molecular formula is C17H14N4O5S. The van der Waals surface area contributed by atoms with E-state index in [9.17, 15) is 18.0 Å². The molecule has 0 aromatic heterocycles. The fourth-order valence-corrected chi connectivity index (χ4v) is 2.46. The maximum absolute atomic E-state index is 12.1. The first-order chi connectivity index (χ1) is 12.7. The van der Waals surface area contributed by atoms with E-state index >= 15 is 0 Å². The Hall–Kier alpha value is -3.68. The highest BCUT2D eigenvalue weighted by atomic mass is 32.2. The molecule has 0 radical (unpaired) electrons. The van der Waals surface area contributed by atoms with Crippen molar-refractivity contribution in [2.24, 2.45) is 0 Å². The highest BCUT2D eigenvalue weighted by Gasteiger charge is 2.14. The Balaban J connectivity index is 2.11. The molecule has 0 fully saturated rings. The van der Waals surface area contributed by atoms with E-state index in [-0.39, 0.29) is 11.3 Å². The predicted molar refractivity (Wildman–Crippen MR) is 96.9 cm³/mol. The molecule has 0 heterocycles. The molecule has 0 spiro atoms. The summed E-state index contributed by atoms with van der Waals surface area (Å²) in [4.78, 5) is 23.7. The van der Waals surface area contributed by atoms with Crippen molar-refractivity contribution < 1.29 is 22.6 Å². The lowest BCUT2D eigenvalue weighted by atomic mass is 10.2. The normalized spacial score (nSPS) is 11.3. The molecular weight excluding hydrogens is 372 g/mol. The molecule has 0 saturated carbocycles. The molecule has 0 aliphatic carbocycles. The van der Waals surface area contributed by atoms with Crippen molar-refractivity contribution in [3.8, 4) is 6.07 Å². The van der Waals surface area contributed by atoms with Gasteiger partial charge in [-0.2, -0.15) is 13.7 Å². The molecule has 138 valence electrons. The third kappa shape index (κ3) is 5.40. The summed E-state index contributed by atoms with van der Waals surface area (Å²) >= 11 is 0. The van der Waals surface area contributed by atoms with Gasteiger partial charge >= 0.3 is 0 Å². The molecule has 2 aromatic rings. The van der Waals surface area contributed by atoms with E-state index in [1.54, 1.807) is 6.07 Å². The van der Waals surface area contributed by atoms with Crippen molar-refractivity contribution >= 4 is 33.3 Å². The monoisotopic (exact) mass is 386 g/mol. The minimum atomic E-state index is -4.44. The quantitative estimate of drug-likeness (QED) is 0.260. The van der Waals surface area contributed by atoms with E-state index in [0.717, 1.165) is 18.3 Å². The van der Waals surface area contributed by atoms with E-state index in [1.165, 1.54) is 36.4 Å². The van der Waals surface area contributed by atoms with Crippen LogP contribution < -0.4 is 16.4 Å². The largest absolute Gasteiger partial charge is 0.399 e. The zero-order chi connectivity index (χ0) is 20.0. The second-order valence-corrected chi connectivity index (χ2v) is 6.64. The van der Waals surface area contributed by atoms with Gasteiger partial charge in [0.05, 0.1) is 4.90 Å². The maximum Gasteiger partial charge on any atom is 0.294 e. The summed E-state index contributed by atoms with van der Waals surface area (Å²) in [6.45, 7) is 0. The van der Waals surface area contributed by atoms with Gasteiger partial charge in [0.1, 0.15) is 11.6 Å². The first kappa shape index (κ1) is 19.6. The van der Waals surface area contributed by atoms with Crippen LogP contribution in [0.3, 0.4) is 0 Å². The Morgan fingerprint density at radius 1 is 1.15 bits per heavy atom. The van der Waals surface area contributed by atoms with E-state index in [0.29, 0.717) is 5.69 Å². The number of hydrogen-bond donors (Lipinski definition) is 4. The van der Waals surface area contributed by atoms with Crippen molar-refractivity contribution in [2.45, 2.75) is 4.90 Å². The number of benzene rings is 2. The number of rotatable bonds is 5. The van der Waals surface area contributed by atoms with Crippen LogP contribution in [0.5, 0.6) is 0 Å². The van der Waals surface area contributed by atoms with Crippen LogP contribution in [-0.2, 0) is 14.9 Å². The Labute approximate surface area is 154 Å². The molecule has 2 amide bonds. The van der Waals surface area contributed by atoms with Gasteiger partial charge in [-0.1, -0.05) is 6.07 Å². The highest BCUT2D eigenvalue weighted by Crippen LogP contribution is 2.15. The molecule has 2 rings (SSSR count). The fraction of sp³-hybridized carbons (Fsp3) is 0. The average Bonchev–Trinajstić information content (AvgIpc) is 2.62. The van der Waals surface area contributed by atoms with Crippen LogP contribution in [0.4, 0.5) is 11.4 Å². The lowest BCUT2D eigenvalue weighted by Crippen LogP contribution is -2.21. The lowest BCUT2D eigenvalue weighted by molar-refractivity contribution is -0.112. The highest BCUT2D eigenvalue weighted by molar-refractivity contribution is 7.85. The summed E-state index contributed by atoms with van der Waals surface area (Å²) < 4.78 is 31.2. The first-order valence-corrected chi connectivity index (χ1v) is 8.80. The number of nitrogens with zero attached hydrogens (tertiary/aromatic N) is 1. The number of amides is 2. The van der Waals surface area contributed by atoms with Gasteiger partial charge in [-0.3, -0.25) is 14.1 Å². The van der Waals surface area contributed by atoms with E-state index in [2.05, 4.69) is 10.6 Å². The molecule has 0 saturated heterocycles. The topological polar surface area (TPSA) is 162 Å². The lowest BCUT2D eigenvalue weighted by Gasteiger charge is -2.06.